The molecule has 0 atom stereocenters. The number of methoxy groups -OCH3 is 1. The lowest BCUT2D eigenvalue weighted by Gasteiger charge is -2.19. The lowest BCUT2D eigenvalue weighted by Crippen LogP contribution is -2.27. The average Bonchev–Trinajstić information content (AvgIpc) is 3.28. The van der Waals surface area contributed by atoms with Gasteiger partial charge in [-0.3, -0.25) is 0 Å². The fourth-order valence-electron chi connectivity index (χ4n) is 4.03. The van der Waals surface area contributed by atoms with E-state index in [-0.39, 0.29) is 0 Å². The van der Waals surface area contributed by atoms with Gasteiger partial charge in [0.15, 0.2) is 11.5 Å². The van der Waals surface area contributed by atoms with E-state index in [0.29, 0.717) is 6.42 Å². The Balaban J connectivity index is 1.69. The molecule has 0 saturated heterocycles. The van der Waals surface area contributed by atoms with Crippen molar-refractivity contribution in [3.63, 3.8) is 0 Å². The van der Waals surface area contributed by atoms with E-state index in [1.807, 2.05) is 16.6 Å². The fourth-order valence-corrected chi connectivity index (χ4v) is 4.03. The number of rotatable bonds is 8. The number of nitrogens with zero attached hydrogens (tertiary/aromatic N) is 6. The lowest BCUT2D eigenvalue weighted by molar-refractivity contribution is 0.291. The predicted octanol–water partition coefficient (Wildman–Crippen LogP) is 3.64. The van der Waals surface area contributed by atoms with Crippen LogP contribution in [0.2, 0.25) is 0 Å². The molecule has 0 aliphatic rings. The minimum absolute atomic E-state index is 0.674. The summed E-state index contributed by atoms with van der Waals surface area (Å²) in [5, 5.41) is 5.78. The first-order chi connectivity index (χ1) is 14.5. The zero-order valence-corrected chi connectivity index (χ0v) is 18.5. The molecule has 7 heteroatoms. The van der Waals surface area contributed by atoms with Gasteiger partial charge in [-0.15, -0.1) is 5.10 Å². The molecular formula is C23H30N6O. The Morgan fingerprint density at radius 2 is 1.77 bits per heavy atom. The number of benzene rings is 1. The van der Waals surface area contributed by atoms with E-state index in [9.17, 15) is 0 Å². The van der Waals surface area contributed by atoms with E-state index in [4.69, 9.17) is 14.7 Å². The van der Waals surface area contributed by atoms with Crippen LogP contribution in [0.3, 0.4) is 0 Å². The molecule has 3 heterocycles. The summed E-state index contributed by atoms with van der Waals surface area (Å²) in [6.07, 6.45) is 2.46. The van der Waals surface area contributed by atoms with Crippen LogP contribution in [0.5, 0.6) is 5.75 Å². The average molecular weight is 407 g/mol. The maximum absolute atomic E-state index is 5.24. The second-order valence-electron chi connectivity index (χ2n) is 7.65. The Kier molecular flexibility index (Phi) is 5.72. The van der Waals surface area contributed by atoms with Gasteiger partial charge in [-0.05, 0) is 50.2 Å². The monoisotopic (exact) mass is 406 g/mol. The molecule has 30 heavy (non-hydrogen) atoms. The van der Waals surface area contributed by atoms with Crippen LogP contribution in [-0.4, -0.2) is 55.8 Å². The maximum atomic E-state index is 5.24. The van der Waals surface area contributed by atoms with Crippen LogP contribution >= 0.6 is 0 Å². The highest BCUT2D eigenvalue weighted by atomic mass is 16.5. The second kappa shape index (κ2) is 8.44. The first kappa shape index (κ1) is 20.3. The third-order valence-electron chi connectivity index (χ3n) is 6.05. The molecule has 0 saturated carbocycles. The molecule has 7 nitrogen and oxygen atoms in total. The standard InChI is InChI=1S/C23H30N6O/c1-6-27(7-2)12-13-28-17(4)16(3)21-22(28)24-15-29-23(21)25-20(26-29)14-18-8-10-19(30-5)11-9-18/h8-11,15H,6-7,12-14H2,1-5H3. The Labute approximate surface area is 177 Å². The molecule has 4 aromatic rings. The lowest BCUT2D eigenvalue weighted by atomic mass is 10.1. The number of likely N-dealkylation sites (N-methyl/N-ethyl adjacent to an activating group) is 1. The van der Waals surface area contributed by atoms with Gasteiger partial charge in [-0.25, -0.2) is 14.5 Å². The summed E-state index contributed by atoms with van der Waals surface area (Å²) in [5.74, 6) is 1.65. The van der Waals surface area contributed by atoms with Crippen molar-refractivity contribution in [3.8, 4) is 5.75 Å². The van der Waals surface area contributed by atoms with Gasteiger partial charge < -0.3 is 14.2 Å². The van der Waals surface area contributed by atoms with Crippen LogP contribution in [0.4, 0.5) is 0 Å². The van der Waals surface area contributed by atoms with Crippen molar-refractivity contribution in [2.24, 2.45) is 0 Å². The molecule has 158 valence electrons. The molecule has 3 aromatic heterocycles. The van der Waals surface area contributed by atoms with E-state index in [2.05, 4.69) is 54.4 Å². The van der Waals surface area contributed by atoms with Crippen molar-refractivity contribution in [2.45, 2.75) is 40.7 Å². The van der Waals surface area contributed by atoms with Gasteiger partial charge in [-0.1, -0.05) is 26.0 Å². The van der Waals surface area contributed by atoms with Gasteiger partial charge in [0.25, 0.3) is 0 Å². The Morgan fingerprint density at radius 3 is 2.43 bits per heavy atom. The minimum atomic E-state index is 0.674. The number of fused-ring (bicyclic) bond motifs is 3. The maximum Gasteiger partial charge on any atom is 0.168 e. The van der Waals surface area contributed by atoms with Crippen molar-refractivity contribution < 1.29 is 4.74 Å². The van der Waals surface area contributed by atoms with Crippen LogP contribution in [0.25, 0.3) is 16.7 Å². The summed E-state index contributed by atoms with van der Waals surface area (Å²) in [7, 11) is 1.68. The fraction of sp³-hybridized carbons (Fsp3) is 0.435. The Hall–Kier alpha value is -2.93. The molecule has 0 fully saturated rings. The molecule has 0 radical (unpaired) electrons. The summed E-state index contributed by atoms with van der Waals surface area (Å²) in [4.78, 5) is 12.1. The molecule has 0 aliphatic carbocycles. The number of aryl methyl sites for hydroxylation is 1. The summed E-state index contributed by atoms with van der Waals surface area (Å²) >= 11 is 0. The molecular weight excluding hydrogens is 376 g/mol. The second-order valence-corrected chi connectivity index (χ2v) is 7.65. The highest BCUT2D eigenvalue weighted by Crippen LogP contribution is 2.27. The minimum Gasteiger partial charge on any atom is -0.497 e. The Bertz CT molecular complexity index is 1150. The highest BCUT2D eigenvalue weighted by Gasteiger charge is 2.18. The van der Waals surface area contributed by atoms with Gasteiger partial charge in [0.2, 0.25) is 0 Å². The number of ether oxygens (including phenoxy) is 1. The van der Waals surface area contributed by atoms with E-state index < -0.39 is 0 Å². The largest absolute Gasteiger partial charge is 0.497 e. The van der Waals surface area contributed by atoms with Crippen LogP contribution < -0.4 is 4.74 Å². The third-order valence-corrected chi connectivity index (χ3v) is 6.05. The van der Waals surface area contributed by atoms with Gasteiger partial charge in [-0.2, -0.15) is 0 Å². The zero-order chi connectivity index (χ0) is 21.3. The SMILES string of the molecule is CCN(CC)CCn1c(C)c(C)c2c1ncn1nc(Cc3ccc(OC)cc3)nc21. The molecule has 0 spiro atoms. The zero-order valence-electron chi connectivity index (χ0n) is 18.5. The van der Waals surface area contributed by atoms with Gasteiger partial charge in [0.1, 0.15) is 17.7 Å². The number of hydrogen-bond acceptors (Lipinski definition) is 5. The van der Waals surface area contributed by atoms with E-state index in [1.165, 1.54) is 11.3 Å². The summed E-state index contributed by atoms with van der Waals surface area (Å²) in [6.45, 7) is 12.8. The quantitative estimate of drug-likeness (QED) is 0.447. The molecule has 0 unspecified atom stereocenters. The number of hydrogen-bond donors (Lipinski definition) is 0. The van der Waals surface area contributed by atoms with Crippen LogP contribution in [0, 0.1) is 13.8 Å². The topological polar surface area (TPSA) is 60.5 Å². The molecule has 0 bridgehead atoms. The van der Waals surface area contributed by atoms with Crippen LogP contribution in [-0.2, 0) is 13.0 Å². The van der Waals surface area contributed by atoms with Crippen molar-refractivity contribution >= 4 is 16.7 Å². The first-order valence-electron chi connectivity index (χ1n) is 10.6. The molecule has 0 N–H and O–H groups in total. The molecule has 0 amide bonds. The van der Waals surface area contributed by atoms with Gasteiger partial charge in [0.05, 0.1) is 12.5 Å². The van der Waals surface area contributed by atoms with Crippen LogP contribution in [0.1, 0.15) is 36.5 Å². The smallest absolute Gasteiger partial charge is 0.168 e. The Morgan fingerprint density at radius 1 is 1.03 bits per heavy atom. The van der Waals surface area contributed by atoms with Crippen molar-refractivity contribution in [1.82, 2.24) is 29.0 Å². The van der Waals surface area contributed by atoms with Gasteiger partial charge in [0, 0.05) is 25.2 Å². The van der Waals surface area contributed by atoms with E-state index in [1.54, 1.807) is 13.4 Å². The molecule has 0 aliphatic heterocycles. The van der Waals surface area contributed by atoms with E-state index in [0.717, 1.165) is 60.0 Å². The first-order valence-corrected chi connectivity index (χ1v) is 10.6. The third kappa shape index (κ3) is 3.65. The summed E-state index contributed by atoms with van der Waals surface area (Å²) in [5.41, 5.74) is 5.50. The van der Waals surface area contributed by atoms with Crippen LogP contribution in [0.15, 0.2) is 30.6 Å². The van der Waals surface area contributed by atoms with Crippen molar-refractivity contribution in [3.05, 3.63) is 53.2 Å². The van der Waals surface area contributed by atoms with Crippen molar-refractivity contribution in [2.75, 3.05) is 26.7 Å². The summed E-state index contributed by atoms with van der Waals surface area (Å²) in [6, 6.07) is 8.04. The van der Waals surface area contributed by atoms with Gasteiger partial charge >= 0.3 is 0 Å². The number of aromatic nitrogens is 5. The molecule has 1 aromatic carbocycles. The van der Waals surface area contributed by atoms with Crippen molar-refractivity contribution in [1.29, 1.82) is 0 Å². The summed E-state index contributed by atoms with van der Waals surface area (Å²) < 4.78 is 9.37. The molecule has 4 rings (SSSR count). The predicted molar refractivity (Wildman–Crippen MR) is 119 cm³/mol. The highest BCUT2D eigenvalue weighted by molar-refractivity contribution is 5.93. The van der Waals surface area contributed by atoms with E-state index >= 15 is 0 Å². The normalized spacial score (nSPS) is 11.8.